The molecule has 1 aromatic heterocycles. The highest BCUT2D eigenvalue weighted by molar-refractivity contribution is 5.91. The van der Waals surface area contributed by atoms with Gasteiger partial charge in [-0.25, -0.2) is 8.78 Å². The SMILES string of the molecule is C=C(F)C(=O)N1CCN(c2nc(OC[C@@H]3CCCN3C)nc3c2CCN(c2cc(F)cc4c2CCCC4)C3)C[C@@H]1CC#N. The average Bonchev–Trinajstić information content (AvgIpc) is 3.42. The number of amides is 1. The summed E-state index contributed by atoms with van der Waals surface area (Å²) in [4.78, 5) is 30.3. The molecule has 4 heterocycles. The summed E-state index contributed by atoms with van der Waals surface area (Å²) in [5, 5.41) is 9.48. The van der Waals surface area contributed by atoms with Crippen molar-refractivity contribution in [1.29, 1.82) is 5.26 Å². The number of nitrogens with zero attached hydrogens (tertiary/aromatic N) is 7. The third-order valence-corrected chi connectivity index (χ3v) is 9.45. The molecule has 1 aromatic carbocycles. The second kappa shape index (κ2) is 12.4. The van der Waals surface area contributed by atoms with E-state index in [1.54, 1.807) is 12.1 Å². The van der Waals surface area contributed by atoms with Gasteiger partial charge in [-0.05, 0) is 81.8 Å². The summed E-state index contributed by atoms with van der Waals surface area (Å²) in [6.07, 6.45) is 6.94. The molecule has 4 aliphatic rings. The van der Waals surface area contributed by atoms with Crippen LogP contribution < -0.4 is 14.5 Å². The number of carbonyl (C=O) groups is 1. The van der Waals surface area contributed by atoms with Crippen LogP contribution in [-0.4, -0.2) is 84.1 Å². The minimum Gasteiger partial charge on any atom is -0.462 e. The van der Waals surface area contributed by atoms with Crippen molar-refractivity contribution >= 4 is 17.4 Å². The monoisotopic (exact) mass is 591 g/mol. The number of halogens is 2. The van der Waals surface area contributed by atoms with E-state index in [4.69, 9.17) is 14.7 Å². The van der Waals surface area contributed by atoms with Crippen molar-refractivity contribution in [3.63, 3.8) is 0 Å². The Morgan fingerprint density at radius 2 is 1.91 bits per heavy atom. The summed E-state index contributed by atoms with van der Waals surface area (Å²) in [5.41, 5.74) is 5.13. The summed E-state index contributed by atoms with van der Waals surface area (Å²) in [6.45, 7) is 6.88. The van der Waals surface area contributed by atoms with Crippen LogP contribution in [0.15, 0.2) is 24.5 Å². The largest absolute Gasteiger partial charge is 0.462 e. The highest BCUT2D eigenvalue weighted by Crippen LogP contribution is 2.37. The smallest absolute Gasteiger partial charge is 0.318 e. The van der Waals surface area contributed by atoms with Crippen molar-refractivity contribution in [3.8, 4) is 12.1 Å². The van der Waals surface area contributed by atoms with E-state index in [0.717, 1.165) is 73.4 Å². The average molecular weight is 592 g/mol. The Labute approximate surface area is 251 Å². The Bertz CT molecular complexity index is 1440. The first-order chi connectivity index (χ1) is 20.8. The lowest BCUT2D eigenvalue weighted by Crippen LogP contribution is -2.55. The number of aryl methyl sites for hydroxylation is 1. The number of hydrogen-bond acceptors (Lipinski definition) is 8. The van der Waals surface area contributed by atoms with E-state index >= 15 is 0 Å². The fraction of sp³-hybridized carbons (Fsp3) is 0.562. The van der Waals surface area contributed by atoms with Crippen molar-refractivity contribution in [2.45, 2.75) is 70.0 Å². The normalized spacial score (nSPS) is 22.1. The lowest BCUT2D eigenvalue weighted by atomic mass is 9.89. The van der Waals surface area contributed by atoms with Crippen molar-refractivity contribution in [2.75, 3.05) is 56.2 Å². The van der Waals surface area contributed by atoms with E-state index < -0.39 is 17.8 Å². The summed E-state index contributed by atoms with van der Waals surface area (Å²) >= 11 is 0. The van der Waals surface area contributed by atoms with Gasteiger partial charge in [0.2, 0.25) is 0 Å². The van der Waals surface area contributed by atoms with Crippen molar-refractivity contribution in [2.24, 2.45) is 0 Å². The number of ether oxygens (including phenoxy) is 1. The molecule has 11 heteroatoms. The molecule has 0 radical (unpaired) electrons. The molecule has 1 aliphatic carbocycles. The van der Waals surface area contributed by atoms with Gasteiger partial charge < -0.3 is 24.3 Å². The highest BCUT2D eigenvalue weighted by Gasteiger charge is 2.35. The van der Waals surface area contributed by atoms with Gasteiger partial charge in [0.25, 0.3) is 5.91 Å². The number of fused-ring (bicyclic) bond motifs is 2. The van der Waals surface area contributed by atoms with Crippen molar-refractivity contribution < 1.29 is 18.3 Å². The van der Waals surface area contributed by atoms with Gasteiger partial charge in [0.15, 0.2) is 5.83 Å². The Morgan fingerprint density at radius 1 is 1.07 bits per heavy atom. The summed E-state index contributed by atoms with van der Waals surface area (Å²) in [7, 11) is 2.10. The van der Waals surface area contributed by atoms with Crippen LogP contribution in [0.3, 0.4) is 0 Å². The standard InChI is InChI=1S/C32H39F2N7O2/c1-21(33)31(42)41-15-14-40(18-24(41)9-11-35)30-27-10-13-39(29-17-23(34)16-22-6-3-4-8-26(22)29)19-28(27)36-32(37-30)43-20-25-7-5-12-38(25)2/h16-17,24-25H,1,3-10,12-15,18-20H2,2H3/t24-,25-/m0/s1. The van der Waals surface area contributed by atoms with E-state index in [9.17, 15) is 18.8 Å². The number of benzene rings is 1. The minimum absolute atomic E-state index is 0.0681. The maximum atomic E-state index is 14.7. The molecule has 228 valence electrons. The number of nitriles is 1. The van der Waals surface area contributed by atoms with Crippen LogP contribution in [0.25, 0.3) is 0 Å². The van der Waals surface area contributed by atoms with Gasteiger partial charge in [0, 0.05) is 43.5 Å². The third kappa shape index (κ3) is 6.03. The zero-order chi connectivity index (χ0) is 30.1. The van der Waals surface area contributed by atoms with Crippen LogP contribution in [0, 0.1) is 17.1 Å². The first kappa shape index (κ1) is 29.3. The van der Waals surface area contributed by atoms with Gasteiger partial charge in [-0.2, -0.15) is 15.2 Å². The molecular weight excluding hydrogens is 552 g/mol. The summed E-state index contributed by atoms with van der Waals surface area (Å²) in [6, 6.07) is 5.57. The number of rotatable bonds is 7. The van der Waals surface area contributed by atoms with Gasteiger partial charge in [0.1, 0.15) is 18.2 Å². The van der Waals surface area contributed by atoms with Crippen LogP contribution >= 0.6 is 0 Å². The number of anilines is 2. The van der Waals surface area contributed by atoms with E-state index in [-0.39, 0.29) is 18.8 Å². The number of aromatic nitrogens is 2. The summed E-state index contributed by atoms with van der Waals surface area (Å²) < 4.78 is 34.7. The molecule has 9 nitrogen and oxygen atoms in total. The van der Waals surface area contributed by atoms with Crippen LogP contribution in [0.4, 0.5) is 20.3 Å². The number of carbonyl (C=O) groups excluding carboxylic acids is 1. The summed E-state index contributed by atoms with van der Waals surface area (Å²) in [5.74, 6) is -1.28. The van der Waals surface area contributed by atoms with E-state index in [1.807, 2.05) is 0 Å². The van der Waals surface area contributed by atoms with Gasteiger partial charge in [0.05, 0.1) is 30.8 Å². The molecule has 43 heavy (non-hydrogen) atoms. The predicted octanol–water partition coefficient (Wildman–Crippen LogP) is 3.94. The van der Waals surface area contributed by atoms with Crippen LogP contribution in [-0.2, 0) is 30.6 Å². The molecule has 2 aromatic rings. The third-order valence-electron chi connectivity index (χ3n) is 9.45. The molecular formula is C32H39F2N7O2. The molecule has 1 amide bonds. The zero-order valence-corrected chi connectivity index (χ0v) is 24.8. The zero-order valence-electron chi connectivity index (χ0n) is 24.8. The molecule has 2 atom stereocenters. The Kier molecular flexibility index (Phi) is 8.48. The first-order valence-corrected chi connectivity index (χ1v) is 15.4. The van der Waals surface area contributed by atoms with Gasteiger partial charge in [-0.1, -0.05) is 6.58 Å². The second-order valence-corrected chi connectivity index (χ2v) is 12.1. The van der Waals surface area contributed by atoms with Crippen molar-refractivity contribution in [1.82, 2.24) is 19.8 Å². The van der Waals surface area contributed by atoms with Crippen LogP contribution in [0.1, 0.15) is 54.5 Å². The van der Waals surface area contributed by atoms with E-state index in [2.05, 4.69) is 34.4 Å². The first-order valence-electron chi connectivity index (χ1n) is 15.4. The quantitative estimate of drug-likeness (QED) is 0.448. The van der Waals surface area contributed by atoms with Gasteiger partial charge in [-0.3, -0.25) is 4.79 Å². The number of piperazine rings is 1. The molecule has 2 fully saturated rings. The number of likely N-dealkylation sites (tertiary alicyclic amines) is 1. The fourth-order valence-electron chi connectivity index (χ4n) is 7.12. The fourth-order valence-corrected chi connectivity index (χ4v) is 7.12. The molecule has 0 saturated carbocycles. The van der Waals surface area contributed by atoms with Crippen LogP contribution in [0.2, 0.25) is 0 Å². The number of hydrogen-bond donors (Lipinski definition) is 0. The lowest BCUT2D eigenvalue weighted by molar-refractivity contribution is -0.131. The van der Waals surface area contributed by atoms with Crippen molar-refractivity contribution in [3.05, 3.63) is 52.7 Å². The topological polar surface area (TPSA) is 88.8 Å². The Balaban J connectivity index is 1.32. The molecule has 2 saturated heterocycles. The van der Waals surface area contributed by atoms with E-state index in [0.29, 0.717) is 51.3 Å². The Morgan fingerprint density at radius 3 is 2.67 bits per heavy atom. The molecule has 6 rings (SSSR count). The lowest BCUT2D eigenvalue weighted by Gasteiger charge is -2.42. The molecule has 0 unspecified atom stereocenters. The minimum atomic E-state index is -1.02. The number of likely N-dealkylation sites (N-methyl/N-ethyl adjacent to an activating group) is 1. The Hall–Kier alpha value is -3.78. The van der Waals surface area contributed by atoms with Gasteiger partial charge >= 0.3 is 6.01 Å². The molecule has 0 N–H and O–H groups in total. The van der Waals surface area contributed by atoms with Gasteiger partial charge in [-0.15, -0.1) is 0 Å². The maximum absolute atomic E-state index is 14.7. The van der Waals surface area contributed by atoms with Crippen LogP contribution in [0.5, 0.6) is 6.01 Å². The maximum Gasteiger partial charge on any atom is 0.318 e. The second-order valence-electron chi connectivity index (χ2n) is 12.1. The molecule has 0 spiro atoms. The van der Waals surface area contributed by atoms with E-state index in [1.165, 1.54) is 10.5 Å². The highest BCUT2D eigenvalue weighted by atomic mass is 19.1. The predicted molar refractivity (Wildman–Crippen MR) is 159 cm³/mol. The molecule has 3 aliphatic heterocycles. The molecule has 0 bridgehead atoms.